The highest BCUT2D eigenvalue weighted by atomic mass is 16.5. The molecule has 2 atom stereocenters. The van der Waals surface area contributed by atoms with E-state index < -0.39 is 0 Å². The number of benzene rings is 1. The van der Waals surface area contributed by atoms with Crippen LogP contribution in [0.4, 0.5) is 0 Å². The van der Waals surface area contributed by atoms with Gasteiger partial charge in [0.2, 0.25) is 0 Å². The molecule has 0 fully saturated rings. The first-order valence-corrected chi connectivity index (χ1v) is 5.38. The lowest BCUT2D eigenvalue weighted by atomic mass is 9.90. The monoisotopic (exact) mass is 198 g/mol. The maximum atomic E-state index is 5.93. The molecule has 1 aromatic rings. The Hall–Kier alpha value is -1.50. The lowest BCUT2D eigenvalue weighted by Crippen LogP contribution is -2.16. The minimum Gasteiger partial charge on any atom is -0.485 e. The first-order valence-electron chi connectivity index (χ1n) is 5.38. The van der Waals surface area contributed by atoms with Crippen molar-refractivity contribution in [2.75, 3.05) is 0 Å². The predicted octanol–water partition coefficient (Wildman–Crippen LogP) is 3.36. The minimum absolute atomic E-state index is 0.215. The van der Waals surface area contributed by atoms with Crippen molar-refractivity contribution in [3.8, 4) is 5.75 Å². The molecule has 1 aliphatic heterocycles. The van der Waals surface area contributed by atoms with E-state index in [2.05, 4.69) is 50.3 Å². The van der Waals surface area contributed by atoms with Crippen LogP contribution >= 0.6 is 0 Å². The summed E-state index contributed by atoms with van der Waals surface area (Å²) < 4.78 is 5.93. The van der Waals surface area contributed by atoms with Crippen LogP contribution in [0.5, 0.6) is 5.75 Å². The zero-order valence-corrected chi connectivity index (χ0v) is 9.03. The third-order valence-corrected chi connectivity index (χ3v) is 3.14. The van der Waals surface area contributed by atoms with Crippen molar-refractivity contribution in [2.45, 2.75) is 25.9 Å². The van der Waals surface area contributed by atoms with Gasteiger partial charge in [-0.3, -0.25) is 0 Å². The quantitative estimate of drug-likeness (QED) is 0.621. The third kappa shape index (κ3) is 1.30. The van der Waals surface area contributed by atoms with Crippen molar-refractivity contribution < 1.29 is 4.74 Å². The average molecular weight is 198 g/mol. The highest BCUT2D eigenvalue weighted by Gasteiger charge is 2.32. The zero-order chi connectivity index (χ0) is 10.4. The molecule has 0 N–H and O–H groups in total. The van der Waals surface area contributed by atoms with Crippen molar-refractivity contribution in [3.63, 3.8) is 0 Å². The summed E-state index contributed by atoms with van der Waals surface area (Å²) >= 11 is 0. The molecule has 3 rings (SSSR count). The standard InChI is InChI=1S/C14H14O/c1-9-3-5-11-12-6-4-10(2)8-14(12)15-13(11)7-9/h3-8,11,13H,1-2H3. The summed E-state index contributed by atoms with van der Waals surface area (Å²) in [4.78, 5) is 0. The van der Waals surface area contributed by atoms with Gasteiger partial charge in [0, 0.05) is 11.5 Å². The van der Waals surface area contributed by atoms with Gasteiger partial charge in [-0.2, -0.15) is 0 Å². The second-order valence-corrected chi connectivity index (χ2v) is 4.42. The van der Waals surface area contributed by atoms with E-state index in [9.17, 15) is 0 Å². The molecule has 76 valence electrons. The first kappa shape index (κ1) is 8.78. The maximum Gasteiger partial charge on any atom is 0.128 e. The number of fused-ring (bicyclic) bond motifs is 3. The molecular formula is C14H14O. The van der Waals surface area contributed by atoms with E-state index in [4.69, 9.17) is 4.74 Å². The maximum absolute atomic E-state index is 5.93. The summed E-state index contributed by atoms with van der Waals surface area (Å²) in [6.45, 7) is 4.22. The molecule has 2 unspecified atom stereocenters. The highest BCUT2D eigenvalue weighted by molar-refractivity contribution is 5.49. The van der Waals surface area contributed by atoms with Gasteiger partial charge in [-0.25, -0.2) is 0 Å². The van der Waals surface area contributed by atoms with Crippen LogP contribution in [0.3, 0.4) is 0 Å². The third-order valence-electron chi connectivity index (χ3n) is 3.14. The molecule has 1 heteroatoms. The van der Waals surface area contributed by atoms with E-state index in [0.29, 0.717) is 5.92 Å². The Morgan fingerprint density at radius 2 is 2.07 bits per heavy atom. The number of allylic oxidation sites excluding steroid dienone is 2. The molecule has 0 saturated heterocycles. The van der Waals surface area contributed by atoms with Gasteiger partial charge in [-0.15, -0.1) is 0 Å². The second kappa shape index (κ2) is 2.99. The molecule has 0 aromatic heterocycles. The zero-order valence-electron chi connectivity index (χ0n) is 9.03. The van der Waals surface area contributed by atoms with Gasteiger partial charge in [0.05, 0.1) is 0 Å². The SMILES string of the molecule is CC1=CC2Oc3cc(C)ccc3C2C=C1. The normalized spacial score (nSPS) is 26.7. The Labute approximate surface area is 90.1 Å². The summed E-state index contributed by atoms with van der Waals surface area (Å²) in [7, 11) is 0. The topological polar surface area (TPSA) is 9.23 Å². The summed E-state index contributed by atoms with van der Waals surface area (Å²) in [5, 5.41) is 0. The van der Waals surface area contributed by atoms with Crippen molar-refractivity contribution in [2.24, 2.45) is 0 Å². The van der Waals surface area contributed by atoms with Crippen LogP contribution in [0, 0.1) is 6.92 Å². The summed E-state index contributed by atoms with van der Waals surface area (Å²) in [6.07, 6.45) is 6.85. The Bertz CT molecular complexity index is 468. The summed E-state index contributed by atoms with van der Waals surface area (Å²) in [6, 6.07) is 6.47. The lowest BCUT2D eigenvalue weighted by Gasteiger charge is -2.16. The molecule has 0 amide bonds. The van der Waals surface area contributed by atoms with Crippen molar-refractivity contribution in [3.05, 3.63) is 53.1 Å². The molecule has 1 aliphatic carbocycles. The molecular weight excluding hydrogens is 184 g/mol. The van der Waals surface area contributed by atoms with Crippen molar-refractivity contribution in [1.82, 2.24) is 0 Å². The highest BCUT2D eigenvalue weighted by Crippen LogP contribution is 2.42. The first-order chi connectivity index (χ1) is 7.24. The lowest BCUT2D eigenvalue weighted by molar-refractivity contribution is 0.268. The van der Waals surface area contributed by atoms with Crippen LogP contribution in [-0.2, 0) is 0 Å². The van der Waals surface area contributed by atoms with E-state index in [1.165, 1.54) is 16.7 Å². The number of hydrogen-bond donors (Lipinski definition) is 0. The summed E-state index contributed by atoms with van der Waals surface area (Å²) in [5.41, 5.74) is 3.88. The average Bonchev–Trinajstić information content (AvgIpc) is 2.53. The van der Waals surface area contributed by atoms with E-state index in [-0.39, 0.29) is 6.10 Å². The van der Waals surface area contributed by atoms with Gasteiger partial charge in [0.15, 0.2) is 0 Å². The Morgan fingerprint density at radius 1 is 1.20 bits per heavy atom. The number of hydrogen-bond acceptors (Lipinski definition) is 1. The second-order valence-electron chi connectivity index (χ2n) is 4.42. The molecule has 1 heterocycles. The van der Waals surface area contributed by atoms with Gasteiger partial charge < -0.3 is 4.74 Å². The van der Waals surface area contributed by atoms with Crippen LogP contribution < -0.4 is 4.74 Å². The summed E-state index contributed by atoms with van der Waals surface area (Å²) in [5.74, 6) is 1.48. The Kier molecular flexibility index (Phi) is 1.75. The van der Waals surface area contributed by atoms with Gasteiger partial charge in [-0.1, -0.05) is 29.9 Å². The molecule has 2 aliphatic rings. The number of rotatable bonds is 0. The predicted molar refractivity (Wildman–Crippen MR) is 61.2 cm³/mol. The van der Waals surface area contributed by atoms with Crippen LogP contribution in [-0.4, -0.2) is 6.10 Å². The van der Waals surface area contributed by atoms with Crippen LogP contribution in [0.15, 0.2) is 42.0 Å². The molecule has 1 nitrogen and oxygen atoms in total. The fourth-order valence-electron chi connectivity index (χ4n) is 2.34. The van der Waals surface area contributed by atoms with E-state index in [1.807, 2.05) is 0 Å². The van der Waals surface area contributed by atoms with Gasteiger partial charge >= 0.3 is 0 Å². The fourth-order valence-corrected chi connectivity index (χ4v) is 2.34. The smallest absolute Gasteiger partial charge is 0.128 e. The number of ether oxygens (including phenoxy) is 1. The van der Waals surface area contributed by atoms with E-state index in [0.717, 1.165) is 5.75 Å². The molecule has 0 bridgehead atoms. The Morgan fingerprint density at radius 3 is 2.93 bits per heavy atom. The molecule has 0 spiro atoms. The van der Waals surface area contributed by atoms with Crippen LogP contribution in [0.1, 0.15) is 24.0 Å². The Balaban J connectivity index is 2.07. The van der Waals surface area contributed by atoms with Crippen molar-refractivity contribution in [1.29, 1.82) is 0 Å². The molecule has 15 heavy (non-hydrogen) atoms. The fraction of sp³-hybridized carbons (Fsp3) is 0.286. The van der Waals surface area contributed by atoms with Crippen molar-refractivity contribution >= 4 is 0 Å². The largest absolute Gasteiger partial charge is 0.485 e. The minimum atomic E-state index is 0.215. The molecule has 0 saturated carbocycles. The van der Waals surface area contributed by atoms with E-state index >= 15 is 0 Å². The van der Waals surface area contributed by atoms with Gasteiger partial charge in [0.25, 0.3) is 0 Å². The van der Waals surface area contributed by atoms with Crippen LogP contribution in [0.2, 0.25) is 0 Å². The van der Waals surface area contributed by atoms with Gasteiger partial charge in [-0.05, 0) is 31.6 Å². The van der Waals surface area contributed by atoms with Gasteiger partial charge in [0.1, 0.15) is 11.9 Å². The molecule has 1 aromatic carbocycles. The van der Waals surface area contributed by atoms with E-state index in [1.54, 1.807) is 0 Å². The number of aryl methyl sites for hydroxylation is 1. The van der Waals surface area contributed by atoms with Crippen LogP contribution in [0.25, 0.3) is 0 Å². The molecule has 0 radical (unpaired) electrons.